The summed E-state index contributed by atoms with van der Waals surface area (Å²) in [5.74, 6) is 0.970. The van der Waals surface area contributed by atoms with Crippen molar-refractivity contribution in [2.75, 3.05) is 26.0 Å². The minimum absolute atomic E-state index is 0.151. The number of nitrogens with two attached hydrogens (primary N) is 1. The van der Waals surface area contributed by atoms with Crippen molar-refractivity contribution in [1.29, 1.82) is 0 Å². The van der Waals surface area contributed by atoms with E-state index >= 15 is 0 Å². The average molecular weight is 265 g/mol. The van der Waals surface area contributed by atoms with Gasteiger partial charge in [0.15, 0.2) is 5.69 Å². The summed E-state index contributed by atoms with van der Waals surface area (Å²) in [6, 6.07) is 3.71. The number of hydrogen-bond donors (Lipinski definition) is 2. The summed E-state index contributed by atoms with van der Waals surface area (Å²) in [4.78, 5) is 13.1. The molecule has 0 aliphatic carbocycles. The second-order valence-corrected chi connectivity index (χ2v) is 5.08. The summed E-state index contributed by atoms with van der Waals surface area (Å²) in [5, 5.41) is 11.3. The fourth-order valence-electron chi connectivity index (χ4n) is 1.69. The standard InChI is InChI=1S/C13H23N5O/c1-9(2)10(7-8-14)15-12-6-5-11(16-17-12)13(19)18(3)4/h5-6,9-10H,7-8,14H2,1-4H3,(H,15,17). The zero-order chi connectivity index (χ0) is 14.4. The summed E-state index contributed by atoms with van der Waals surface area (Å²) in [5.41, 5.74) is 5.93. The van der Waals surface area contributed by atoms with E-state index in [2.05, 4.69) is 29.4 Å². The van der Waals surface area contributed by atoms with E-state index in [9.17, 15) is 4.79 Å². The molecule has 1 rings (SSSR count). The number of carbonyl (C=O) groups is 1. The first-order valence-electron chi connectivity index (χ1n) is 6.47. The Morgan fingerprint density at radius 1 is 1.37 bits per heavy atom. The van der Waals surface area contributed by atoms with Gasteiger partial charge in [0, 0.05) is 20.1 Å². The lowest BCUT2D eigenvalue weighted by molar-refractivity contribution is 0.0821. The number of nitrogens with one attached hydrogen (secondary N) is 1. The van der Waals surface area contributed by atoms with Crippen molar-refractivity contribution in [3.8, 4) is 0 Å². The number of nitrogens with zero attached hydrogens (tertiary/aromatic N) is 3. The van der Waals surface area contributed by atoms with E-state index in [1.54, 1.807) is 26.2 Å². The molecule has 19 heavy (non-hydrogen) atoms. The van der Waals surface area contributed by atoms with E-state index in [0.29, 0.717) is 24.0 Å². The van der Waals surface area contributed by atoms with Crippen LogP contribution in [0, 0.1) is 5.92 Å². The zero-order valence-electron chi connectivity index (χ0n) is 12.1. The largest absolute Gasteiger partial charge is 0.366 e. The quantitative estimate of drug-likeness (QED) is 0.800. The fraction of sp³-hybridized carbons (Fsp3) is 0.615. The maximum absolute atomic E-state index is 11.7. The van der Waals surface area contributed by atoms with Crippen LogP contribution >= 0.6 is 0 Å². The van der Waals surface area contributed by atoms with Gasteiger partial charge in [0.2, 0.25) is 0 Å². The van der Waals surface area contributed by atoms with Crippen LogP contribution in [0.2, 0.25) is 0 Å². The number of carbonyl (C=O) groups excluding carboxylic acids is 1. The van der Waals surface area contributed by atoms with Gasteiger partial charge in [-0.05, 0) is 31.0 Å². The van der Waals surface area contributed by atoms with Gasteiger partial charge in [0.1, 0.15) is 5.82 Å². The van der Waals surface area contributed by atoms with Crippen LogP contribution in [0.3, 0.4) is 0 Å². The number of hydrogen-bond acceptors (Lipinski definition) is 5. The van der Waals surface area contributed by atoms with Crippen LogP contribution in [0.4, 0.5) is 5.82 Å². The molecule has 1 aromatic rings. The van der Waals surface area contributed by atoms with Gasteiger partial charge in [0.05, 0.1) is 0 Å². The summed E-state index contributed by atoms with van der Waals surface area (Å²) in [6.45, 7) is 4.88. The van der Waals surface area contributed by atoms with Gasteiger partial charge in [-0.15, -0.1) is 10.2 Å². The molecule has 0 bridgehead atoms. The monoisotopic (exact) mass is 265 g/mol. The van der Waals surface area contributed by atoms with Gasteiger partial charge < -0.3 is 16.0 Å². The molecule has 0 aliphatic rings. The maximum Gasteiger partial charge on any atom is 0.273 e. The Labute approximate surface area is 114 Å². The molecule has 3 N–H and O–H groups in total. The van der Waals surface area contributed by atoms with Crippen LogP contribution in [-0.4, -0.2) is 47.7 Å². The molecule has 106 valence electrons. The number of rotatable bonds is 6. The van der Waals surface area contributed by atoms with Crippen molar-refractivity contribution < 1.29 is 4.79 Å². The van der Waals surface area contributed by atoms with Crippen molar-refractivity contribution in [3.63, 3.8) is 0 Å². The first-order chi connectivity index (χ1) is 8.95. The Hall–Kier alpha value is -1.69. The van der Waals surface area contributed by atoms with Crippen LogP contribution in [-0.2, 0) is 0 Å². The second-order valence-electron chi connectivity index (χ2n) is 5.08. The van der Waals surface area contributed by atoms with Gasteiger partial charge in [-0.3, -0.25) is 4.79 Å². The molecule has 0 saturated heterocycles. The molecule has 6 nitrogen and oxygen atoms in total. The molecule has 0 fully saturated rings. The first-order valence-corrected chi connectivity index (χ1v) is 6.47. The number of anilines is 1. The summed E-state index contributed by atoms with van der Waals surface area (Å²) < 4.78 is 0. The highest BCUT2D eigenvalue weighted by Gasteiger charge is 2.14. The predicted molar refractivity (Wildman–Crippen MR) is 76.0 cm³/mol. The Balaban J connectivity index is 2.73. The molecular weight excluding hydrogens is 242 g/mol. The molecule has 6 heteroatoms. The third-order valence-electron chi connectivity index (χ3n) is 2.91. The summed E-state index contributed by atoms with van der Waals surface area (Å²) in [7, 11) is 3.37. The van der Waals surface area contributed by atoms with Crippen LogP contribution in [0.5, 0.6) is 0 Å². The van der Waals surface area contributed by atoms with E-state index in [-0.39, 0.29) is 11.9 Å². The average Bonchev–Trinajstić information content (AvgIpc) is 2.38. The lowest BCUT2D eigenvalue weighted by atomic mass is 10.0. The molecular formula is C13H23N5O. The molecule has 0 radical (unpaired) electrons. The predicted octanol–water partition coefficient (Wildman–Crippen LogP) is 0.964. The molecule has 1 aromatic heterocycles. The number of amides is 1. The number of aromatic nitrogens is 2. The van der Waals surface area contributed by atoms with Gasteiger partial charge in [-0.1, -0.05) is 13.8 Å². The van der Waals surface area contributed by atoms with E-state index in [1.807, 2.05) is 0 Å². The second kappa shape index (κ2) is 7.04. The normalized spacial score (nSPS) is 12.3. The Bertz CT molecular complexity index is 402. The van der Waals surface area contributed by atoms with E-state index in [0.717, 1.165) is 6.42 Å². The van der Waals surface area contributed by atoms with Gasteiger partial charge in [-0.2, -0.15) is 0 Å². The van der Waals surface area contributed by atoms with Crippen molar-refractivity contribution in [1.82, 2.24) is 15.1 Å². The highest BCUT2D eigenvalue weighted by atomic mass is 16.2. The van der Waals surface area contributed by atoms with Crippen molar-refractivity contribution in [2.24, 2.45) is 11.7 Å². The van der Waals surface area contributed by atoms with Crippen LogP contribution in [0.1, 0.15) is 30.8 Å². The minimum Gasteiger partial charge on any atom is -0.366 e. The molecule has 0 aromatic carbocycles. The van der Waals surface area contributed by atoms with Crippen molar-refractivity contribution in [3.05, 3.63) is 17.8 Å². The smallest absolute Gasteiger partial charge is 0.273 e. The van der Waals surface area contributed by atoms with E-state index in [4.69, 9.17) is 5.73 Å². The Morgan fingerprint density at radius 3 is 2.47 bits per heavy atom. The molecule has 0 spiro atoms. The maximum atomic E-state index is 11.7. The molecule has 0 saturated carbocycles. The highest BCUT2D eigenvalue weighted by molar-refractivity contribution is 5.91. The lowest BCUT2D eigenvalue weighted by Gasteiger charge is -2.22. The first kappa shape index (κ1) is 15.4. The third-order valence-corrected chi connectivity index (χ3v) is 2.91. The van der Waals surface area contributed by atoms with Crippen LogP contribution < -0.4 is 11.1 Å². The third kappa shape index (κ3) is 4.48. The summed E-state index contributed by atoms with van der Waals surface area (Å²) in [6.07, 6.45) is 0.873. The van der Waals surface area contributed by atoms with E-state index < -0.39 is 0 Å². The lowest BCUT2D eigenvalue weighted by Crippen LogP contribution is -2.29. The Morgan fingerprint density at radius 2 is 2.05 bits per heavy atom. The minimum atomic E-state index is -0.151. The topological polar surface area (TPSA) is 84.1 Å². The Kier molecular flexibility index (Phi) is 5.69. The SMILES string of the molecule is CC(C)C(CCN)Nc1ccc(C(=O)N(C)C)nn1. The molecule has 1 amide bonds. The van der Waals surface area contributed by atoms with Crippen LogP contribution in [0.25, 0.3) is 0 Å². The van der Waals surface area contributed by atoms with E-state index in [1.165, 1.54) is 4.90 Å². The van der Waals surface area contributed by atoms with Crippen molar-refractivity contribution >= 4 is 11.7 Å². The van der Waals surface area contributed by atoms with Crippen LogP contribution in [0.15, 0.2) is 12.1 Å². The van der Waals surface area contributed by atoms with Crippen molar-refractivity contribution in [2.45, 2.75) is 26.3 Å². The van der Waals surface area contributed by atoms with Gasteiger partial charge in [-0.25, -0.2) is 0 Å². The molecule has 0 aliphatic heterocycles. The van der Waals surface area contributed by atoms with Gasteiger partial charge in [0.25, 0.3) is 5.91 Å². The molecule has 1 atom stereocenters. The molecule has 1 unspecified atom stereocenters. The fourth-order valence-corrected chi connectivity index (χ4v) is 1.69. The summed E-state index contributed by atoms with van der Waals surface area (Å²) >= 11 is 0. The highest BCUT2D eigenvalue weighted by Crippen LogP contribution is 2.12. The molecule has 1 heterocycles. The van der Waals surface area contributed by atoms with Gasteiger partial charge >= 0.3 is 0 Å². The zero-order valence-corrected chi connectivity index (χ0v) is 12.1.